The number of thiazole rings is 1. The van der Waals surface area contributed by atoms with E-state index in [4.69, 9.17) is 11.6 Å². The molecular formula is C12H13ClN2S. The highest BCUT2D eigenvalue weighted by Crippen LogP contribution is 2.24. The predicted molar refractivity (Wildman–Crippen MR) is 70.4 cm³/mol. The number of rotatable bonds is 3. The summed E-state index contributed by atoms with van der Waals surface area (Å²) in [7, 11) is 0. The molecule has 1 heterocycles. The highest BCUT2D eigenvalue weighted by atomic mass is 35.5. The molecule has 0 fully saturated rings. The van der Waals surface area contributed by atoms with Crippen molar-refractivity contribution in [2.75, 3.05) is 5.32 Å². The van der Waals surface area contributed by atoms with Crippen LogP contribution >= 0.6 is 22.9 Å². The molecule has 0 saturated heterocycles. The fraction of sp³-hybridized carbons (Fsp3) is 0.250. The Morgan fingerprint density at radius 1 is 1.38 bits per heavy atom. The molecule has 0 bridgehead atoms. The Morgan fingerprint density at radius 2 is 2.19 bits per heavy atom. The minimum atomic E-state index is 0.756. The van der Waals surface area contributed by atoms with Crippen molar-refractivity contribution in [2.24, 2.45) is 0 Å². The minimum absolute atomic E-state index is 0.756. The van der Waals surface area contributed by atoms with Gasteiger partial charge in [0.1, 0.15) is 0 Å². The maximum absolute atomic E-state index is 6.09. The normalized spacial score (nSPS) is 10.4. The quantitative estimate of drug-likeness (QED) is 0.892. The molecule has 1 N–H and O–H groups in total. The van der Waals surface area contributed by atoms with Crippen LogP contribution in [0.3, 0.4) is 0 Å². The van der Waals surface area contributed by atoms with Gasteiger partial charge in [-0.15, -0.1) is 11.3 Å². The molecule has 0 saturated carbocycles. The summed E-state index contributed by atoms with van der Waals surface area (Å²) in [6.45, 7) is 4.83. The summed E-state index contributed by atoms with van der Waals surface area (Å²) in [6, 6.07) is 5.97. The number of nitrogens with zero attached hydrogens (tertiary/aromatic N) is 1. The van der Waals surface area contributed by atoms with E-state index >= 15 is 0 Å². The summed E-state index contributed by atoms with van der Waals surface area (Å²) < 4.78 is 0. The van der Waals surface area contributed by atoms with Crippen LogP contribution in [-0.2, 0) is 6.54 Å². The lowest BCUT2D eigenvalue weighted by molar-refractivity contribution is 1.17. The molecule has 0 amide bonds. The minimum Gasteiger partial charge on any atom is -0.379 e. The first kappa shape index (κ1) is 11.4. The molecular weight excluding hydrogens is 240 g/mol. The fourth-order valence-electron chi connectivity index (χ4n) is 1.44. The number of hydrogen-bond acceptors (Lipinski definition) is 3. The van der Waals surface area contributed by atoms with E-state index in [9.17, 15) is 0 Å². The van der Waals surface area contributed by atoms with Crippen LogP contribution in [0.25, 0.3) is 0 Å². The number of benzene rings is 1. The Bertz CT molecular complexity index is 494. The number of aryl methyl sites for hydroxylation is 2. The number of aromatic nitrogens is 1. The van der Waals surface area contributed by atoms with E-state index in [1.165, 1.54) is 10.4 Å². The summed E-state index contributed by atoms with van der Waals surface area (Å²) >= 11 is 7.79. The van der Waals surface area contributed by atoms with E-state index < -0.39 is 0 Å². The Labute approximate surface area is 104 Å². The second-order valence-corrected chi connectivity index (χ2v) is 5.41. The number of hydrogen-bond donors (Lipinski definition) is 1. The van der Waals surface area contributed by atoms with Gasteiger partial charge in [-0.1, -0.05) is 17.7 Å². The highest BCUT2D eigenvalue weighted by Gasteiger charge is 2.02. The third-order valence-electron chi connectivity index (χ3n) is 2.24. The summed E-state index contributed by atoms with van der Waals surface area (Å²) in [5, 5.41) is 5.17. The van der Waals surface area contributed by atoms with E-state index in [0.29, 0.717) is 0 Å². The van der Waals surface area contributed by atoms with Crippen LogP contribution in [-0.4, -0.2) is 4.98 Å². The van der Waals surface area contributed by atoms with E-state index in [0.717, 1.165) is 22.3 Å². The van der Waals surface area contributed by atoms with Crippen molar-refractivity contribution < 1.29 is 0 Å². The van der Waals surface area contributed by atoms with Gasteiger partial charge in [0.05, 0.1) is 22.3 Å². The predicted octanol–water partition coefficient (Wildman–Crippen LogP) is 4.03. The van der Waals surface area contributed by atoms with Crippen molar-refractivity contribution in [2.45, 2.75) is 20.4 Å². The van der Waals surface area contributed by atoms with E-state index in [1.807, 2.05) is 25.3 Å². The number of halogens is 1. The van der Waals surface area contributed by atoms with Crippen molar-refractivity contribution in [1.82, 2.24) is 4.98 Å². The Hall–Kier alpha value is -1.06. The van der Waals surface area contributed by atoms with Gasteiger partial charge in [-0.25, -0.2) is 4.98 Å². The molecule has 0 aliphatic rings. The average Bonchev–Trinajstić information content (AvgIpc) is 2.66. The van der Waals surface area contributed by atoms with Crippen LogP contribution < -0.4 is 5.32 Å². The van der Waals surface area contributed by atoms with Crippen LogP contribution in [0.15, 0.2) is 24.4 Å². The molecule has 0 radical (unpaired) electrons. The highest BCUT2D eigenvalue weighted by molar-refractivity contribution is 7.11. The molecule has 2 aromatic rings. The van der Waals surface area contributed by atoms with Crippen LogP contribution in [0, 0.1) is 13.8 Å². The summed E-state index contributed by atoms with van der Waals surface area (Å²) in [4.78, 5) is 5.43. The lowest BCUT2D eigenvalue weighted by Crippen LogP contribution is -1.98. The largest absolute Gasteiger partial charge is 0.379 e. The third-order valence-corrected chi connectivity index (χ3v) is 3.49. The lowest BCUT2D eigenvalue weighted by atomic mass is 10.2. The molecule has 0 aliphatic heterocycles. The maximum Gasteiger partial charge on any atom is 0.0897 e. The Kier molecular flexibility index (Phi) is 3.46. The van der Waals surface area contributed by atoms with Gasteiger partial charge in [-0.05, 0) is 31.5 Å². The van der Waals surface area contributed by atoms with Crippen LogP contribution in [0.2, 0.25) is 5.02 Å². The topological polar surface area (TPSA) is 24.9 Å². The van der Waals surface area contributed by atoms with Crippen LogP contribution in [0.4, 0.5) is 5.69 Å². The molecule has 0 spiro atoms. The van der Waals surface area contributed by atoms with Crippen molar-refractivity contribution in [3.8, 4) is 0 Å². The SMILES string of the molecule is Cc1ccc(Cl)c(NCc2cnc(C)s2)c1. The lowest BCUT2D eigenvalue weighted by Gasteiger charge is -2.07. The van der Waals surface area contributed by atoms with Crippen molar-refractivity contribution in [3.63, 3.8) is 0 Å². The van der Waals surface area contributed by atoms with Gasteiger partial charge < -0.3 is 5.32 Å². The zero-order valence-electron chi connectivity index (χ0n) is 9.25. The summed E-state index contributed by atoms with van der Waals surface area (Å²) in [6.07, 6.45) is 1.90. The maximum atomic E-state index is 6.09. The summed E-state index contributed by atoms with van der Waals surface area (Å²) in [5.74, 6) is 0. The molecule has 2 rings (SSSR count). The molecule has 0 unspecified atom stereocenters. The first-order valence-electron chi connectivity index (χ1n) is 5.06. The number of nitrogens with one attached hydrogen (secondary N) is 1. The van der Waals surface area contributed by atoms with Crippen molar-refractivity contribution >= 4 is 28.6 Å². The van der Waals surface area contributed by atoms with Gasteiger partial charge in [0.15, 0.2) is 0 Å². The summed E-state index contributed by atoms with van der Waals surface area (Å²) in [5.41, 5.74) is 2.18. The van der Waals surface area contributed by atoms with Gasteiger partial charge in [-0.2, -0.15) is 0 Å². The monoisotopic (exact) mass is 252 g/mol. The van der Waals surface area contributed by atoms with Crippen molar-refractivity contribution in [3.05, 3.63) is 44.9 Å². The van der Waals surface area contributed by atoms with Crippen LogP contribution in [0.1, 0.15) is 15.4 Å². The molecule has 0 atom stereocenters. The second kappa shape index (κ2) is 4.85. The van der Waals surface area contributed by atoms with Gasteiger partial charge in [0, 0.05) is 11.1 Å². The first-order valence-corrected chi connectivity index (χ1v) is 6.26. The van der Waals surface area contributed by atoms with E-state index in [-0.39, 0.29) is 0 Å². The molecule has 16 heavy (non-hydrogen) atoms. The Balaban J connectivity index is 2.07. The smallest absolute Gasteiger partial charge is 0.0897 e. The molecule has 0 aliphatic carbocycles. The average molecular weight is 253 g/mol. The first-order chi connectivity index (χ1) is 7.65. The Morgan fingerprint density at radius 3 is 2.88 bits per heavy atom. The second-order valence-electron chi connectivity index (χ2n) is 3.68. The zero-order valence-corrected chi connectivity index (χ0v) is 10.8. The third kappa shape index (κ3) is 2.74. The number of anilines is 1. The zero-order chi connectivity index (χ0) is 11.5. The molecule has 4 heteroatoms. The van der Waals surface area contributed by atoms with Gasteiger partial charge in [-0.3, -0.25) is 0 Å². The molecule has 84 valence electrons. The van der Waals surface area contributed by atoms with Gasteiger partial charge >= 0.3 is 0 Å². The standard InChI is InChI=1S/C12H13ClN2S/c1-8-3-4-11(13)12(5-8)15-7-10-6-14-9(2)16-10/h3-6,15H,7H2,1-2H3. The molecule has 1 aromatic carbocycles. The van der Waals surface area contributed by atoms with E-state index in [1.54, 1.807) is 11.3 Å². The van der Waals surface area contributed by atoms with Crippen molar-refractivity contribution in [1.29, 1.82) is 0 Å². The molecule has 2 nitrogen and oxygen atoms in total. The fourth-order valence-corrected chi connectivity index (χ4v) is 2.36. The van der Waals surface area contributed by atoms with Gasteiger partial charge in [0.2, 0.25) is 0 Å². The van der Waals surface area contributed by atoms with Crippen LogP contribution in [0.5, 0.6) is 0 Å². The van der Waals surface area contributed by atoms with E-state index in [2.05, 4.69) is 23.3 Å². The molecule has 1 aromatic heterocycles. The van der Waals surface area contributed by atoms with Gasteiger partial charge in [0.25, 0.3) is 0 Å².